The van der Waals surface area contributed by atoms with Crippen LogP contribution < -0.4 is 5.32 Å². The second-order valence-corrected chi connectivity index (χ2v) is 8.09. The fraction of sp³-hybridized carbons (Fsp3) is 0.167. The summed E-state index contributed by atoms with van der Waals surface area (Å²) in [5, 5.41) is 4.95. The zero-order valence-corrected chi connectivity index (χ0v) is 18.0. The summed E-state index contributed by atoms with van der Waals surface area (Å²) >= 11 is 11.9. The second-order valence-electron chi connectivity index (χ2n) is 7.27. The van der Waals surface area contributed by atoms with E-state index in [0.717, 1.165) is 23.3 Å². The zero-order valence-electron chi connectivity index (χ0n) is 16.5. The molecule has 4 nitrogen and oxygen atoms in total. The van der Waals surface area contributed by atoms with Crippen LogP contribution in [0.5, 0.6) is 0 Å². The predicted octanol–water partition coefficient (Wildman–Crippen LogP) is 6.81. The average Bonchev–Trinajstić information content (AvgIpc) is 3.09. The van der Waals surface area contributed by atoms with Crippen LogP contribution in [0.4, 0.5) is 5.69 Å². The highest BCUT2D eigenvalue weighted by Crippen LogP contribution is 2.31. The van der Waals surface area contributed by atoms with Gasteiger partial charge in [-0.25, -0.2) is 0 Å². The number of aromatic nitrogens is 2. The number of fused-ring (bicyclic) bond motifs is 1. The molecule has 0 saturated heterocycles. The largest absolute Gasteiger partial charge is 0.353 e. The Morgan fingerprint density at radius 2 is 1.93 bits per heavy atom. The van der Waals surface area contributed by atoms with E-state index in [2.05, 4.69) is 40.4 Å². The molecule has 0 bridgehead atoms. The predicted molar refractivity (Wildman–Crippen MR) is 124 cm³/mol. The molecule has 2 aromatic heterocycles. The number of hydrogen-bond acceptors (Lipinski definition) is 2. The Hall–Kier alpha value is -2.82. The highest BCUT2D eigenvalue weighted by molar-refractivity contribution is 6.42. The first-order valence-corrected chi connectivity index (χ1v) is 10.5. The van der Waals surface area contributed by atoms with E-state index in [1.165, 1.54) is 16.5 Å². The highest BCUT2D eigenvalue weighted by atomic mass is 35.5. The van der Waals surface area contributed by atoms with Gasteiger partial charge in [0.25, 0.3) is 0 Å². The molecule has 0 saturated carbocycles. The number of nitrogens with zero attached hydrogens (tertiary/aromatic N) is 1. The molecule has 0 aliphatic carbocycles. The van der Waals surface area contributed by atoms with E-state index in [-0.39, 0.29) is 5.91 Å². The van der Waals surface area contributed by atoms with E-state index >= 15 is 0 Å². The third-order valence-electron chi connectivity index (χ3n) is 5.02. The maximum absolute atomic E-state index is 12.4. The molecule has 2 N–H and O–H groups in total. The number of aryl methyl sites for hydroxylation is 2. The quantitative estimate of drug-likeness (QED) is 0.348. The van der Waals surface area contributed by atoms with Crippen molar-refractivity contribution in [1.29, 1.82) is 0 Å². The summed E-state index contributed by atoms with van der Waals surface area (Å²) in [4.78, 5) is 20.4. The molecule has 2 aromatic carbocycles. The van der Waals surface area contributed by atoms with Gasteiger partial charge in [0.05, 0.1) is 21.4 Å². The van der Waals surface area contributed by atoms with Gasteiger partial charge in [-0.05, 0) is 67.8 Å². The van der Waals surface area contributed by atoms with Gasteiger partial charge in [-0.2, -0.15) is 0 Å². The summed E-state index contributed by atoms with van der Waals surface area (Å²) in [6, 6.07) is 17.3. The number of nitrogens with one attached hydrogen (secondary N) is 2. The van der Waals surface area contributed by atoms with Crippen molar-refractivity contribution in [1.82, 2.24) is 9.97 Å². The number of aromatic amines is 1. The number of benzene rings is 2. The van der Waals surface area contributed by atoms with Crippen LogP contribution in [0.3, 0.4) is 0 Å². The molecule has 0 aliphatic heterocycles. The van der Waals surface area contributed by atoms with Crippen molar-refractivity contribution >= 4 is 45.7 Å². The van der Waals surface area contributed by atoms with Crippen LogP contribution in [0.25, 0.3) is 22.3 Å². The molecule has 0 aliphatic rings. The van der Waals surface area contributed by atoms with E-state index in [9.17, 15) is 4.79 Å². The Balaban J connectivity index is 1.51. The van der Waals surface area contributed by atoms with Crippen LogP contribution in [0.15, 0.2) is 60.8 Å². The Morgan fingerprint density at radius 3 is 2.70 bits per heavy atom. The molecular weight excluding hydrogens is 417 g/mol. The lowest BCUT2D eigenvalue weighted by molar-refractivity contribution is -0.116. The molecule has 6 heteroatoms. The van der Waals surface area contributed by atoms with Crippen molar-refractivity contribution < 1.29 is 4.79 Å². The minimum Gasteiger partial charge on any atom is -0.353 e. The number of carbonyl (C=O) groups is 1. The van der Waals surface area contributed by atoms with E-state index in [1.807, 2.05) is 18.2 Å². The van der Waals surface area contributed by atoms with Crippen molar-refractivity contribution in [3.05, 3.63) is 82.0 Å². The number of anilines is 1. The molecule has 30 heavy (non-hydrogen) atoms. The maximum atomic E-state index is 12.4. The van der Waals surface area contributed by atoms with Crippen LogP contribution >= 0.6 is 23.2 Å². The van der Waals surface area contributed by atoms with Gasteiger partial charge >= 0.3 is 0 Å². The van der Waals surface area contributed by atoms with Gasteiger partial charge in [0.1, 0.15) is 0 Å². The standard InChI is InChI=1S/C24H21Cl2N3O/c1-15-8-11-21-18(13-15)17(24(29-21)22-6-2-3-12-27-22)5-4-7-23(30)28-16-9-10-19(25)20(26)14-16/h2-3,6,8-14,29H,4-5,7H2,1H3,(H,28,30). The van der Waals surface area contributed by atoms with Gasteiger partial charge < -0.3 is 10.3 Å². The molecule has 4 rings (SSSR count). The third kappa shape index (κ3) is 4.50. The number of amides is 1. The molecule has 0 fully saturated rings. The molecule has 0 radical (unpaired) electrons. The SMILES string of the molecule is Cc1ccc2[nH]c(-c3ccccn3)c(CCCC(=O)Nc3ccc(Cl)c(Cl)c3)c2c1. The van der Waals surface area contributed by atoms with Crippen molar-refractivity contribution in [3.63, 3.8) is 0 Å². The number of pyridine rings is 1. The van der Waals surface area contributed by atoms with Crippen LogP contribution in [0, 0.1) is 6.92 Å². The van der Waals surface area contributed by atoms with Crippen LogP contribution in [0.1, 0.15) is 24.0 Å². The molecule has 4 aromatic rings. The molecule has 2 heterocycles. The van der Waals surface area contributed by atoms with E-state index in [0.29, 0.717) is 28.6 Å². The minimum absolute atomic E-state index is 0.0520. The van der Waals surface area contributed by atoms with Gasteiger partial charge in [-0.15, -0.1) is 0 Å². The molecule has 0 spiro atoms. The average molecular weight is 438 g/mol. The van der Waals surface area contributed by atoms with E-state index < -0.39 is 0 Å². The summed E-state index contributed by atoms with van der Waals surface area (Å²) in [5.41, 5.74) is 6.04. The lowest BCUT2D eigenvalue weighted by atomic mass is 10.0. The number of halogens is 2. The lowest BCUT2D eigenvalue weighted by Crippen LogP contribution is -2.11. The smallest absolute Gasteiger partial charge is 0.224 e. The summed E-state index contributed by atoms with van der Waals surface area (Å²) in [7, 11) is 0. The lowest BCUT2D eigenvalue weighted by Gasteiger charge is -2.08. The van der Waals surface area contributed by atoms with Gasteiger partial charge in [0.2, 0.25) is 5.91 Å². The van der Waals surface area contributed by atoms with Crippen molar-refractivity contribution in [3.8, 4) is 11.4 Å². The monoisotopic (exact) mass is 437 g/mol. The molecule has 0 unspecified atom stereocenters. The summed E-state index contributed by atoms with van der Waals surface area (Å²) < 4.78 is 0. The molecule has 152 valence electrons. The van der Waals surface area contributed by atoms with Gasteiger partial charge in [-0.1, -0.05) is 40.9 Å². The minimum atomic E-state index is -0.0520. The first-order chi connectivity index (χ1) is 14.5. The number of carbonyl (C=O) groups excluding carboxylic acids is 1. The summed E-state index contributed by atoms with van der Waals surface area (Å²) in [5.74, 6) is -0.0520. The fourth-order valence-electron chi connectivity index (χ4n) is 3.57. The van der Waals surface area contributed by atoms with E-state index in [1.54, 1.807) is 24.4 Å². The normalized spacial score (nSPS) is 11.0. The second kappa shape index (κ2) is 8.90. The topological polar surface area (TPSA) is 57.8 Å². The van der Waals surface area contributed by atoms with Crippen LogP contribution in [-0.4, -0.2) is 15.9 Å². The molecule has 0 atom stereocenters. The maximum Gasteiger partial charge on any atom is 0.224 e. The molecule has 1 amide bonds. The Morgan fingerprint density at radius 1 is 1.07 bits per heavy atom. The summed E-state index contributed by atoms with van der Waals surface area (Å²) in [6.45, 7) is 2.08. The first-order valence-electron chi connectivity index (χ1n) is 9.79. The van der Waals surface area contributed by atoms with Crippen molar-refractivity contribution in [2.24, 2.45) is 0 Å². The zero-order chi connectivity index (χ0) is 21.1. The summed E-state index contributed by atoms with van der Waals surface area (Å²) in [6.07, 6.45) is 3.68. The van der Waals surface area contributed by atoms with Gasteiger partial charge in [0, 0.05) is 29.2 Å². The van der Waals surface area contributed by atoms with E-state index in [4.69, 9.17) is 23.2 Å². The van der Waals surface area contributed by atoms with Crippen LogP contribution in [0.2, 0.25) is 10.0 Å². The number of H-pyrrole nitrogens is 1. The Kier molecular flexibility index (Phi) is 6.07. The Labute approximate surface area is 185 Å². The van der Waals surface area contributed by atoms with Crippen LogP contribution in [-0.2, 0) is 11.2 Å². The van der Waals surface area contributed by atoms with Crippen molar-refractivity contribution in [2.75, 3.05) is 5.32 Å². The van der Waals surface area contributed by atoms with Gasteiger partial charge in [-0.3, -0.25) is 9.78 Å². The number of rotatable bonds is 6. The Bertz CT molecular complexity index is 1200. The third-order valence-corrected chi connectivity index (χ3v) is 5.76. The van der Waals surface area contributed by atoms with Gasteiger partial charge in [0.15, 0.2) is 0 Å². The van der Waals surface area contributed by atoms with Crippen molar-refractivity contribution in [2.45, 2.75) is 26.2 Å². The fourth-order valence-corrected chi connectivity index (χ4v) is 3.87. The molecular formula is C24H21Cl2N3O. The first kappa shape index (κ1) is 20.5. The number of hydrogen-bond donors (Lipinski definition) is 2. The highest BCUT2D eigenvalue weighted by Gasteiger charge is 2.15.